The Morgan fingerprint density at radius 1 is 1.25 bits per heavy atom. The van der Waals surface area contributed by atoms with Crippen molar-refractivity contribution in [2.75, 3.05) is 0 Å². The maximum atomic E-state index is 5.71. The van der Waals surface area contributed by atoms with Crippen molar-refractivity contribution in [3.63, 3.8) is 0 Å². The second kappa shape index (κ2) is 4.29. The van der Waals surface area contributed by atoms with Gasteiger partial charge < -0.3 is 0 Å². The van der Waals surface area contributed by atoms with E-state index < -0.39 is 18.7 Å². The number of aromatic nitrogens is 5. The molecule has 2 heterocycles. The molecule has 0 saturated heterocycles. The molecular weight excluding hydrogens is 332 g/mol. The molecule has 0 unspecified atom stereocenters. The second-order valence-electron chi connectivity index (χ2n) is 4.44. The van der Waals surface area contributed by atoms with Crippen molar-refractivity contribution < 1.29 is 0 Å². The summed E-state index contributed by atoms with van der Waals surface area (Å²) in [5, 5.41) is 13.0. The Bertz CT molecular complexity index is 487. The molecular formula is C9H12ClN5Sn. The summed E-state index contributed by atoms with van der Waals surface area (Å²) in [6.07, 6.45) is 1.65. The van der Waals surface area contributed by atoms with E-state index in [-0.39, 0.29) is 0 Å². The minimum absolute atomic E-state index is 0.464. The third-order valence-electron chi connectivity index (χ3n) is 2.00. The number of hydrogen-bond donors (Lipinski definition) is 0. The van der Waals surface area contributed by atoms with Crippen molar-refractivity contribution in [1.82, 2.24) is 23.4 Å². The van der Waals surface area contributed by atoms with Crippen LogP contribution in [0.3, 0.4) is 0 Å². The van der Waals surface area contributed by atoms with E-state index in [0.717, 1.165) is 5.56 Å². The maximum absolute atomic E-state index is 5.71. The Morgan fingerprint density at radius 2 is 2.00 bits per heavy atom. The van der Waals surface area contributed by atoms with E-state index in [4.69, 9.17) is 11.6 Å². The Kier molecular flexibility index (Phi) is 3.16. The van der Waals surface area contributed by atoms with E-state index in [9.17, 15) is 0 Å². The van der Waals surface area contributed by atoms with Gasteiger partial charge in [0.05, 0.1) is 0 Å². The zero-order valence-electron chi connectivity index (χ0n) is 9.35. The van der Waals surface area contributed by atoms with E-state index in [1.54, 1.807) is 15.3 Å². The Balaban J connectivity index is 2.35. The fourth-order valence-corrected chi connectivity index (χ4v) is 3.25. The molecule has 0 bridgehead atoms. The van der Waals surface area contributed by atoms with Gasteiger partial charge in [-0.3, -0.25) is 0 Å². The van der Waals surface area contributed by atoms with E-state index in [2.05, 4.69) is 35.2 Å². The van der Waals surface area contributed by atoms with Crippen LogP contribution in [0.25, 0.3) is 11.4 Å². The summed E-state index contributed by atoms with van der Waals surface area (Å²) in [6.45, 7) is 0. The van der Waals surface area contributed by atoms with Gasteiger partial charge in [0.1, 0.15) is 0 Å². The van der Waals surface area contributed by atoms with Crippen LogP contribution in [0.2, 0.25) is 20.0 Å². The number of hydrogen-bond acceptors (Lipinski definition) is 4. The van der Waals surface area contributed by atoms with Crippen molar-refractivity contribution in [2.45, 2.75) is 14.8 Å². The topological polar surface area (TPSA) is 56.5 Å². The molecule has 0 aromatic carbocycles. The predicted molar refractivity (Wildman–Crippen MR) is 64.8 cm³/mol. The monoisotopic (exact) mass is 345 g/mol. The van der Waals surface area contributed by atoms with Crippen LogP contribution >= 0.6 is 11.6 Å². The zero-order chi connectivity index (χ0) is 11.8. The van der Waals surface area contributed by atoms with E-state index in [1.165, 1.54) is 0 Å². The van der Waals surface area contributed by atoms with E-state index >= 15 is 0 Å². The average Bonchev–Trinajstić information content (AvgIpc) is 2.67. The Morgan fingerprint density at radius 3 is 2.50 bits per heavy atom. The zero-order valence-corrected chi connectivity index (χ0v) is 13.0. The van der Waals surface area contributed by atoms with Crippen LogP contribution in [-0.4, -0.2) is 42.1 Å². The molecule has 0 atom stereocenters. The van der Waals surface area contributed by atoms with Crippen LogP contribution in [-0.2, 0) is 0 Å². The van der Waals surface area contributed by atoms with Crippen molar-refractivity contribution in [3.8, 4) is 11.4 Å². The van der Waals surface area contributed by atoms with Crippen molar-refractivity contribution in [2.24, 2.45) is 0 Å². The molecule has 0 aliphatic rings. The van der Waals surface area contributed by atoms with Crippen LogP contribution in [0.1, 0.15) is 0 Å². The molecule has 2 rings (SSSR count). The Labute approximate surface area is 103 Å². The van der Waals surface area contributed by atoms with Crippen LogP contribution in [0.4, 0.5) is 0 Å². The summed E-state index contributed by atoms with van der Waals surface area (Å²) in [7, 11) is 0. The van der Waals surface area contributed by atoms with Crippen molar-refractivity contribution in [1.29, 1.82) is 0 Å². The molecule has 0 aliphatic heterocycles. The average molecular weight is 344 g/mol. The first kappa shape index (κ1) is 11.8. The first-order valence-electron chi connectivity index (χ1n) is 4.89. The molecule has 16 heavy (non-hydrogen) atoms. The number of nitrogens with zero attached hydrogens (tertiary/aromatic N) is 5. The summed E-state index contributed by atoms with van der Waals surface area (Å²) in [6, 6.07) is 3.56. The molecule has 0 N–H and O–H groups in total. The number of pyridine rings is 1. The number of rotatable bonds is 2. The molecule has 2 aromatic heterocycles. The van der Waals surface area contributed by atoms with Gasteiger partial charge in [0.25, 0.3) is 0 Å². The standard InChI is InChI=1S/C6H3ClN5.3CH3.Sn/c7-5-2-1-4(3-8-5)6-9-11-12-10-6;;;;/h1-3H;3*1H3;/q-1;;;;+1. The molecule has 0 radical (unpaired) electrons. The van der Waals surface area contributed by atoms with E-state index in [0.29, 0.717) is 11.0 Å². The number of tetrazole rings is 1. The molecule has 0 amide bonds. The molecule has 0 aliphatic carbocycles. The summed E-state index contributed by atoms with van der Waals surface area (Å²) >= 11 is 3.43. The molecule has 2 aromatic rings. The van der Waals surface area contributed by atoms with Gasteiger partial charge in [-0.05, 0) is 0 Å². The number of halogens is 1. The Hall–Kier alpha value is -0.691. The molecule has 84 valence electrons. The first-order valence-corrected chi connectivity index (χ1v) is 15.1. The van der Waals surface area contributed by atoms with Gasteiger partial charge in [-0.25, -0.2) is 0 Å². The van der Waals surface area contributed by atoms with Gasteiger partial charge in [0, 0.05) is 0 Å². The van der Waals surface area contributed by atoms with Crippen molar-refractivity contribution in [3.05, 3.63) is 23.5 Å². The SMILES string of the molecule is [CH3][Sn]([CH3])([CH3])[n]1nnc(-c2ccc(Cl)nc2)n1. The molecule has 0 fully saturated rings. The molecule has 0 saturated carbocycles. The van der Waals surface area contributed by atoms with Gasteiger partial charge in [-0.1, -0.05) is 0 Å². The summed E-state index contributed by atoms with van der Waals surface area (Å²) in [5.74, 6) is 0.607. The van der Waals surface area contributed by atoms with Gasteiger partial charge in [-0.2, -0.15) is 0 Å². The first-order chi connectivity index (χ1) is 7.47. The predicted octanol–water partition coefficient (Wildman–Crippen LogP) is 2.07. The minimum atomic E-state index is -2.29. The quantitative estimate of drug-likeness (QED) is 0.618. The third-order valence-corrected chi connectivity index (χ3v) is 6.19. The molecule has 0 spiro atoms. The van der Waals surface area contributed by atoms with Gasteiger partial charge in [0.2, 0.25) is 0 Å². The van der Waals surface area contributed by atoms with Crippen LogP contribution in [0.5, 0.6) is 0 Å². The van der Waals surface area contributed by atoms with Crippen LogP contribution < -0.4 is 0 Å². The summed E-state index contributed by atoms with van der Waals surface area (Å²) in [4.78, 5) is 10.7. The van der Waals surface area contributed by atoms with Gasteiger partial charge in [0.15, 0.2) is 0 Å². The third kappa shape index (κ3) is 2.52. The molecule has 7 heteroatoms. The summed E-state index contributed by atoms with van der Waals surface area (Å²) < 4.78 is 1.79. The second-order valence-corrected chi connectivity index (χ2v) is 18.4. The van der Waals surface area contributed by atoms with E-state index in [1.807, 2.05) is 6.07 Å². The van der Waals surface area contributed by atoms with Gasteiger partial charge >= 0.3 is 103 Å². The fourth-order valence-electron chi connectivity index (χ4n) is 1.12. The fraction of sp³-hybridized carbons (Fsp3) is 0.333. The molecule has 5 nitrogen and oxygen atoms in total. The summed E-state index contributed by atoms with van der Waals surface area (Å²) in [5.41, 5.74) is 0.839. The van der Waals surface area contributed by atoms with Crippen LogP contribution in [0.15, 0.2) is 18.3 Å². The normalized spacial score (nSPS) is 11.8. The van der Waals surface area contributed by atoms with Gasteiger partial charge in [-0.15, -0.1) is 0 Å². The van der Waals surface area contributed by atoms with Crippen molar-refractivity contribution >= 4 is 30.3 Å². The van der Waals surface area contributed by atoms with Crippen LogP contribution in [0, 0.1) is 0 Å².